The first-order chi connectivity index (χ1) is 10.2. The fraction of sp³-hybridized carbons (Fsp3) is 0.412. The van der Waals surface area contributed by atoms with Crippen LogP contribution in [0, 0.1) is 6.92 Å². The molecule has 4 heteroatoms. The summed E-state index contributed by atoms with van der Waals surface area (Å²) in [6.07, 6.45) is 1.93. The summed E-state index contributed by atoms with van der Waals surface area (Å²) in [5.74, 6) is 0. The molecular weight excluding hydrogens is 282 g/mol. The summed E-state index contributed by atoms with van der Waals surface area (Å²) in [7, 11) is 0. The Morgan fingerprint density at radius 1 is 1.14 bits per heavy atom. The standard InChI is InChI=1S/C17H22ClN3/c1-4-10-19-17(13-8-6-7-9-15(13)18)14-11-12(3)20-21-16(14)5-2/h6-9,11,17,19H,4-5,10H2,1-3H3. The summed E-state index contributed by atoms with van der Waals surface area (Å²) in [5, 5.41) is 12.9. The second-order valence-electron chi connectivity index (χ2n) is 5.15. The van der Waals surface area contributed by atoms with E-state index in [0.717, 1.165) is 41.4 Å². The van der Waals surface area contributed by atoms with E-state index in [1.807, 2.05) is 25.1 Å². The normalized spacial score (nSPS) is 12.4. The molecular formula is C17H22ClN3. The molecule has 3 nitrogen and oxygen atoms in total. The lowest BCUT2D eigenvalue weighted by Gasteiger charge is -2.22. The van der Waals surface area contributed by atoms with Crippen LogP contribution in [0.15, 0.2) is 30.3 Å². The Labute approximate surface area is 131 Å². The van der Waals surface area contributed by atoms with Gasteiger partial charge in [0, 0.05) is 5.02 Å². The number of benzene rings is 1. The fourth-order valence-corrected chi connectivity index (χ4v) is 2.69. The summed E-state index contributed by atoms with van der Waals surface area (Å²) >= 11 is 6.41. The van der Waals surface area contributed by atoms with E-state index in [4.69, 9.17) is 11.6 Å². The Bertz CT molecular complexity index is 598. The third-order valence-corrected chi connectivity index (χ3v) is 3.83. The number of halogens is 1. The summed E-state index contributed by atoms with van der Waals surface area (Å²) in [4.78, 5) is 0. The first-order valence-corrected chi connectivity index (χ1v) is 7.86. The lowest BCUT2D eigenvalue weighted by Crippen LogP contribution is -2.25. The van der Waals surface area contributed by atoms with Gasteiger partial charge in [-0.25, -0.2) is 0 Å². The first kappa shape index (κ1) is 15.9. The predicted molar refractivity (Wildman–Crippen MR) is 87.7 cm³/mol. The van der Waals surface area contributed by atoms with Crippen LogP contribution in [-0.2, 0) is 6.42 Å². The molecule has 0 aliphatic carbocycles. The zero-order chi connectivity index (χ0) is 15.2. The number of hydrogen-bond acceptors (Lipinski definition) is 3. The molecule has 1 unspecified atom stereocenters. The van der Waals surface area contributed by atoms with Crippen molar-refractivity contribution in [2.75, 3.05) is 6.54 Å². The quantitative estimate of drug-likeness (QED) is 0.873. The van der Waals surface area contributed by atoms with E-state index in [1.165, 1.54) is 5.56 Å². The van der Waals surface area contributed by atoms with Gasteiger partial charge in [-0.05, 0) is 49.6 Å². The molecule has 0 amide bonds. The van der Waals surface area contributed by atoms with Crippen molar-refractivity contribution < 1.29 is 0 Å². The maximum atomic E-state index is 6.41. The summed E-state index contributed by atoms with van der Waals surface area (Å²) in [6, 6.07) is 10.2. The Balaban J connectivity index is 2.50. The molecule has 2 rings (SSSR count). The molecule has 21 heavy (non-hydrogen) atoms. The number of aromatic nitrogens is 2. The Morgan fingerprint density at radius 3 is 2.57 bits per heavy atom. The van der Waals surface area contributed by atoms with Gasteiger partial charge >= 0.3 is 0 Å². The van der Waals surface area contributed by atoms with Crippen molar-refractivity contribution in [1.82, 2.24) is 15.5 Å². The first-order valence-electron chi connectivity index (χ1n) is 7.48. The third-order valence-electron chi connectivity index (χ3n) is 3.49. The lowest BCUT2D eigenvalue weighted by atomic mass is 9.96. The second kappa shape index (κ2) is 7.53. The highest BCUT2D eigenvalue weighted by Gasteiger charge is 2.20. The molecule has 2 aromatic rings. The summed E-state index contributed by atoms with van der Waals surface area (Å²) < 4.78 is 0. The van der Waals surface area contributed by atoms with Crippen molar-refractivity contribution in [3.05, 3.63) is 57.9 Å². The van der Waals surface area contributed by atoms with Gasteiger partial charge in [0.15, 0.2) is 0 Å². The van der Waals surface area contributed by atoms with Crippen LogP contribution >= 0.6 is 11.6 Å². The van der Waals surface area contributed by atoms with Crippen LogP contribution in [0.1, 0.15) is 48.8 Å². The van der Waals surface area contributed by atoms with Crippen molar-refractivity contribution in [3.63, 3.8) is 0 Å². The minimum absolute atomic E-state index is 0.0581. The van der Waals surface area contributed by atoms with Gasteiger partial charge in [0.2, 0.25) is 0 Å². The lowest BCUT2D eigenvalue weighted by molar-refractivity contribution is 0.588. The molecule has 0 aliphatic rings. The van der Waals surface area contributed by atoms with Gasteiger partial charge in [0.1, 0.15) is 0 Å². The highest BCUT2D eigenvalue weighted by Crippen LogP contribution is 2.30. The number of nitrogens with one attached hydrogen (secondary N) is 1. The molecule has 1 atom stereocenters. The van der Waals surface area contributed by atoms with Gasteiger partial charge in [-0.2, -0.15) is 10.2 Å². The molecule has 0 saturated heterocycles. The van der Waals surface area contributed by atoms with E-state index in [0.29, 0.717) is 0 Å². The van der Waals surface area contributed by atoms with Crippen molar-refractivity contribution in [2.45, 2.75) is 39.7 Å². The molecule has 1 N–H and O–H groups in total. The Hall–Kier alpha value is -1.45. The predicted octanol–water partition coefficient (Wildman–Crippen LogP) is 4.09. The van der Waals surface area contributed by atoms with E-state index in [1.54, 1.807) is 0 Å². The molecule has 112 valence electrons. The SMILES string of the molecule is CCCNC(c1ccccc1Cl)c1cc(C)nnc1CC. The van der Waals surface area contributed by atoms with Crippen molar-refractivity contribution in [3.8, 4) is 0 Å². The fourth-order valence-electron chi connectivity index (χ4n) is 2.44. The maximum absolute atomic E-state index is 6.41. The van der Waals surface area contributed by atoms with Crippen molar-refractivity contribution >= 4 is 11.6 Å². The van der Waals surface area contributed by atoms with E-state index >= 15 is 0 Å². The zero-order valence-corrected chi connectivity index (χ0v) is 13.6. The largest absolute Gasteiger partial charge is 0.306 e. The molecule has 0 aliphatic heterocycles. The minimum Gasteiger partial charge on any atom is -0.306 e. The zero-order valence-electron chi connectivity index (χ0n) is 12.9. The van der Waals surface area contributed by atoms with Gasteiger partial charge in [-0.15, -0.1) is 0 Å². The smallest absolute Gasteiger partial charge is 0.0679 e. The molecule has 1 aromatic carbocycles. The third kappa shape index (κ3) is 3.80. The molecule has 1 aromatic heterocycles. The molecule has 0 bridgehead atoms. The minimum atomic E-state index is 0.0581. The van der Waals surface area contributed by atoms with Crippen molar-refractivity contribution in [1.29, 1.82) is 0 Å². The Morgan fingerprint density at radius 2 is 1.90 bits per heavy atom. The number of hydrogen-bond donors (Lipinski definition) is 1. The van der Waals surface area contributed by atoms with Crippen LogP contribution in [0.3, 0.4) is 0 Å². The molecule has 0 fully saturated rings. The Kier molecular flexibility index (Phi) is 5.71. The average Bonchev–Trinajstić information content (AvgIpc) is 2.49. The number of aryl methyl sites for hydroxylation is 2. The van der Waals surface area contributed by atoms with E-state index in [2.05, 4.69) is 41.5 Å². The van der Waals surface area contributed by atoms with Gasteiger partial charge in [-0.1, -0.05) is 43.6 Å². The van der Waals surface area contributed by atoms with Crippen LogP contribution in [0.4, 0.5) is 0 Å². The molecule has 0 spiro atoms. The van der Waals surface area contributed by atoms with Gasteiger partial charge < -0.3 is 5.32 Å². The topological polar surface area (TPSA) is 37.8 Å². The van der Waals surface area contributed by atoms with Crippen molar-refractivity contribution in [2.24, 2.45) is 0 Å². The average molecular weight is 304 g/mol. The summed E-state index contributed by atoms with van der Waals surface area (Å²) in [6.45, 7) is 7.17. The van der Waals surface area contributed by atoms with Crippen LogP contribution in [0.2, 0.25) is 5.02 Å². The van der Waals surface area contributed by atoms with E-state index in [-0.39, 0.29) is 6.04 Å². The van der Waals surface area contributed by atoms with E-state index in [9.17, 15) is 0 Å². The van der Waals surface area contributed by atoms with E-state index < -0.39 is 0 Å². The van der Waals surface area contributed by atoms with Gasteiger partial charge in [-0.3, -0.25) is 0 Å². The maximum Gasteiger partial charge on any atom is 0.0679 e. The second-order valence-corrected chi connectivity index (χ2v) is 5.56. The van der Waals surface area contributed by atoms with Crippen LogP contribution in [0.5, 0.6) is 0 Å². The monoisotopic (exact) mass is 303 g/mol. The van der Waals surface area contributed by atoms with Crippen LogP contribution < -0.4 is 5.32 Å². The van der Waals surface area contributed by atoms with Crippen LogP contribution in [0.25, 0.3) is 0 Å². The molecule has 1 heterocycles. The number of nitrogens with zero attached hydrogens (tertiary/aromatic N) is 2. The summed E-state index contributed by atoms with van der Waals surface area (Å²) in [5.41, 5.74) is 4.22. The van der Waals surface area contributed by atoms with Gasteiger partial charge in [0.05, 0.1) is 17.4 Å². The molecule has 0 radical (unpaired) electrons. The van der Waals surface area contributed by atoms with Crippen LogP contribution in [-0.4, -0.2) is 16.7 Å². The number of rotatable bonds is 6. The molecule has 0 saturated carbocycles. The highest BCUT2D eigenvalue weighted by molar-refractivity contribution is 6.31. The highest BCUT2D eigenvalue weighted by atomic mass is 35.5. The van der Waals surface area contributed by atoms with Gasteiger partial charge in [0.25, 0.3) is 0 Å².